The quantitative estimate of drug-likeness (QED) is 0.682. The van der Waals surface area contributed by atoms with Gasteiger partial charge in [-0.3, -0.25) is 9.69 Å². The molecule has 0 saturated carbocycles. The molecule has 0 spiro atoms. The molecular weight excluding hydrogens is 278 g/mol. The maximum Gasteiger partial charge on any atom is 0.266 e. The van der Waals surface area contributed by atoms with Crippen LogP contribution in [0.15, 0.2) is 29.2 Å². The Morgan fingerprint density at radius 2 is 2.05 bits per heavy atom. The maximum absolute atomic E-state index is 12.2. The lowest BCUT2D eigenvalue weighted by Crippen LogP contribution is -2.28. The van der Waals surface area contributed by atoms with Crippen LogP contribution in [-0.2, 0) is 4.79 Å². The molecule has 1 heterocycles. The fourth-order valence-electron chi connectivity index (χ4n) is 1.73. The lowest BCUT2D eigenvalue weighted by atomic mass is 10.2. The van der Waals surface area contributed by atoms with Crippen molar-refractivity contribution in [3.05, 3.63) is 34.7 Å². The number of nitrogens with zero attached hydrogens (tertiary/aromatic N) is 1. The minimum absolute atomic E-state index is 0.0171. The van der Waals surface area contributed by atoms with Crippen LogP contribution in [0.5, 0.6) is 5.75 Å². The van der Waals surface area contributed by atoms with E-state index < -0.39 is 0 Å². The molecule has 2 rings (SSSR count). The number of phenols is 1. The molecule has 3 nitrogen and oxygen atoms in total. The standard InChI is InChI=1S/C14H15NO2S2/c1-2-3-8-15-13(17)12(19-14(15)18)9-10-4-6-11(16)7-5-10/h4-7,9,16H,2-3,8H2,1H3. The predicted molar refractivity (Wildman–Crippen MR) is 82.9 cm³/mol. The maximum atomic E-state index is 12.2. The second-order valence-corrected chi connectivity index (χ2v) is 5.95. The predicted octanol–water partition coefficient (Wildman–Crippen LogP) is 3.39. The summed E-state index contributed by atoms with van der Waals surface area (Å²) in [6.45, 7) is 2.78. The lowest BCUT2D eigenvalue weighted by molar-refractivity contribution is -0.122. The molecule has 0 aliphatic carbocycles. The highest BCUT2D eigenvalue weighted by Crippen LogP contribution is 2.32. The highest BCUT2D eigenvalue weighted by molar-refractivity contribution is 8.26. The molecule has 1 aromatic carbocycles. The van der Waals surface area contributed by atoms with Crippen molar-refractivity contribution >= 4 is 40.3 Å². The van der Waals surface area contributed by atoms with Crippen LogP contribution in [-0.4, -0.2) is 26.8 Å². The van der Waals surface area contributed by atoms with Gasteiger partial charge in [0.2, 0.25) is 0 Å². The van der Waals surface area contributed by atoms with Crippen molar-refractivity contribution in [3.63, 3.8) is 0 Å². The molecular formula is C14H15NO2S2. The third-order valence-corrected chi connectivity index (χ3v) is 4.18. The molecule has 1 amide bonds. The summed E-state index contributed by atoms with van der Waals surface area (Å²) in [5.41, 5.74) is 0.883. The number of phenolic OH excluding ortho intramolecular Hbond substituents is 1. The summed E-state index contributed by atoms with van der Waals surface area (Å²) in [6, 6.07) is 6.75. The normalized spacial score (nSPS) is 17.5. The first-order chi connectivity index (χ1) is 9.11. The lowest BCUT2D eigenvalue weighted by Gasteiger charge is -2.12. The number of thioether (sulfide) groups is 1. The van der Waals surface area contributed by atoms with Crippen molar-refractivity contribution in [3.8, 4) is 5.75 Å². The number of aromatic hydroxyl groups is 1. The number of amides is 1. The molecule has 1 fully saturated rings. The van der Waals surface area contributed by atoms with E-state index >= 15 is 0 Å². The highest BCUT2D eigenvalue weighted by Gasteiger charge is 2.31. The van der Waals surface area contributed by atoms with Crippen molar-refractivity contribution in [1.29, 1.82) is 0 Å². The van der Waals surface area contributed by atoms with Crippen molar-refractivity contribution in [2.75, 3.05) is 6.54 Å². The number of hydrogen-bond acceptors (Lipinski definition) is 4. The highest BCUT2D eigenvalue weighted by atomic mass is 32.2. The Labute approximate surface area is 122 Å². The van der Waals surface area contributed by atoms with E-state index in [2.05, 4.69) is 6.92 Å². The minimum atomic E-state index is -0.0171. The largest absolute Gasteiger partial charge is 0.508 e. The van der Waals surface area contributed by atoms with Gasteiger partial charge in [0.25, 0.3) is 5.91 Å². The van der Waals surface area contributed by atoms with Gasteiger partial charge in [0.15, 0.2) is 0 Å². The second-order valence-electron chi connectivity index (χ2n) is 4.28. The number of hydrogen-bond donors (Lipinski definition) is 1. The Hall–Kier alpha value is -1.33. The first-order valence-electron chi connectivity index (χ1n) is 6.16. The average molecular weight is 293 g/mol. The van der Waals surface area contributed by atoms with Crippen molar-refractivity contribution in [2.24, 2.45) is 0 Å². The third kappa shape index (κ3) is 3.36. The Kier molecular flexibility index (Phi) is 4.61. The molecule has 19 heavy (non-hydrogen) atoms. The summed E-state index contributed by atoms with van der Waals surface area (Å²) in [7, 11) is 0. The van der Waals surface area contributed by atoms with E-state index in [1.54, 1.807) is 29.2 Å². The third-order valence-electron chi connectivity index (χ3n) is 2.80. The molecule has 1 aliphatic rings. The van der Waals surface area contributed by atoms with Crippen LogP contribution in [0.25, 0.3) is 6.08 Å². The van der Waals surface area contributed by atoms with Gasteiger partial charge in [0.05, 0.1) is 4.91 Å². The number of carbonyl (C=O) groups is 1. The van der Waals surface area contributed by atoms with Crippen LogP contribution in [0, 0.1) is 0 Å². The summed E-state index contributed by atoms with van der Waals surface area (Å²) in [5.74, 6) is 0.198. The van der Waals surface area contributed by atoms with Gasteiger partial charge in [-0.2, -0.15) is 0 Å². The molecule has 5 heteroatoms. The van der Waals surface area contributed by atoms with E-state index in [-0.39, 0.29) is 11.7 Å². The zero-order valence-corrected chi connectivity index (χ0v) is 12.3. The average Bonchev–Trinajstić information content (AvgIpc) is 2.65. The van der Waals surface area contributed by atoms with E-state index in [0.717, 1.165) is 18.4 Å². The molecule has 100 valence electrons. The van der Waals surface area contributed by atoms with Gasteiger partial charge in [0, 0.05) is 6.54 Å². The first kappa shape index (κ1) is 14.1. The molecule has 1 saturated heterocycles. The van der Waals surface area contributed by atoms with Gasteiger partial charge < -0.3 is 5.11 Å². The number of benzene rings is 1. The Balaban J connectivity index is 2.16. The number of thiocarbonyl (C=S) groups is 1. The van der Waals surface area contributed by atoms with E-state index in [1.807, 2.05) is 6.08 Å². The van der Waals surface area contributed by atoms with Gasteiger partial charge in [-0.1, -0.05) is 49.5 Å². The molecule has 0 bridgehead atoms. The molecule has 1 aliphatic heterocycles. The zero-order valence-electron chi connectivity index (χ0n) is 10.6. The minimum Gasteiger partial charge on any atom is -0.508 e. The molecule has 0 aromatic heterocycles. The van der Waals surface area contributed by atoms with Crippen LogP contribution in [0.2, 0.25) is 0 Å². The van der Waals surface area contributed by atoms with Crippen LogP contribution in [0.1, 0.15) is 25.3 Å². The molecule has 1 aromatic rings. The SMILES string of the molecule is CCCCN1C(=O)C(=Cc2ccc(O)cc2)SC1=S. The first-order valence-corrected chi connectivity index (χ1v) is 7.38. The molecule has 1 N–H and O–H groups in total. The van der Waals surface area contributed by atoms with Gasteiger partial charge in [-0.25, -0.2) is 0 Å². The summed E-state index contributed by atoms with van der Waals surface area (Å²) < 4.78 is 0.628. The number of rotatable bonds is 4. The van der Waals surface area contributed by atoms with Gasteiger partial charge in [-0.15, -0.1) is 0 Å². The van der Waals surface area contributed by atoms with E-state index in [4.69, 9.17) is 12.2 Å². The van der Waals surface area contributed by atoms with E-state index in [0.29, 0.717) is 15.8 Å². The topological polar surface area (TPSA) is 40.5 Å². The van der Waals surface area contributed by atoms with Gasteiger partial charge in [0.1, 0.15) is 10.1 Å². The van der Waals surface area contributed by atoms with Gasteiger partial charge in [-0.05, 0) is 30.2 Å². The van der Waals surface area contributed by atoms with E-state index in [9.17, 15) is 9.90 Å². The zero-order chi connectivity index (χ0) is 13.8. The van der Waals surface area contributed by atoms with E-state index in [1.165, 1.54) is 11.8 Å². The van der Waals surface area contributed by atoms with Crippen LogP contribution in [0.4, 0.5) is 0 Å². The van der Waals surface area contributed by atoms with Gasteiger partial charge >= 0.3 is 0 Å². The fraction of sp³-hybridized carbons (Fsp3) is 0.286. The van der Waals surface area contributed by atoms with Crippen molar-refractivity contribution in [2.45, 2.75) is 19.8 Å². The Morgan fingerprint density at radius 3 is 2.68 bits per heavy atom. The molecule has 0 atom stereocenters. The van der Waals surface area contributed by atoms with Crippen LogP contribution < -0.4 is 0 Å². The van der Waals surface area contributed by atoms with Crippen molar-refractivity contribution in [1.82, 2.24) is 4.90 Å². The fourth-order valence-corrected chi connectivity index (χ4v) is 3.04. The smallest absolute Gasteiger partial charge is 0.266 e. The number of unbranched alkanes of at least 4 members (excludes halogenated alkanes) is 1. The second kappa shape index (κ2) is 6.21. The molecule has 0 unspecified atom stereocenters. The Morgan fingerprint density at radius 1 is 1.37 bits per heavy atom. The summed E-state index contributed by atoms with van der Waals surface area (Å²) in [4.78, 5) is 14.5. The van der Waals surface area contributed by atoms with Crippen molar-refractivity contribution < 1.29 is 9.90 Å². The number of carbonyl (C=O) groups excluding carboxylic acids is 1. The monoisotopic (exact) mass is 293 g/mol. The van der Waals surface area contributed by atoms with Crippen LogP contribution >= 0.6 is 24.0 Å². The summed E-state index contributed by atoms with van der Waals surface area (Å²) in [6.07, 6.45) is 3.80. The summed E-state index contributed by atoms with van der Waals surface area (Å²) in [5, 5.41) is 9.23. The Bertz CT molecular complexity index is 523. The summed E-state index contributed by atoms with van der Waals surface area (Å²) >= 11 is 6.57. The molecule has 0 radical (unpaired) electrons. The van der Waals surface area contributed by atoms with Crippen LogP contribution in [0.3, 0.4) is 0 Å².